The average Bonchev–Trinajstić information content (AvgIpc) is 2.95. The van der Waals surface area contributed by atoms with Gasteiger partial charge in [0.2, 0.25) is 0 Å². The van der Waals surface area contributed by atoms with E-state index in [4.69, 9.17) is 11.6 Å². The highest BCUT2D eigenvalue weighted by atomic mass is 35.5. The summed E-state index contributed by atoms with van der Waals surface area (Å²) in [6.45, 7) is 4.88. The first kappa shape index (κ1) is 16.8. The zero-order valence-corrected chi connectivity index (χ0v) is 15.4. The highest BCUT2D eigenvalue weighted by Crippen LogP contribution is 2.26. The molecule has 0 atom stereocenters. The molecule has 3 heterocycles. The van der Waals surface area contributed by atoms with Crippen molar-refractivity contribution in [2.45, 2.75) is 13.3 Å². The van der Waals surface area contributed by atoms with Gasteiger partial charge in [-0.25, -0.2) is 9.50 Å². The molecule has 0 saturated carbocycles. The number of fused-ring (bicyclic) bond motifs is 1. The van der Waals surface area contributed by atoms with Crippen molar-refractivity contribution in [1.29, 1.82) is 0 Å². The fraction of sp³-hybridized carbons (Fsp3) is 0.316. The van der Waals surface area contributed by atoms with Crippen LogP contribution < -0.4 is 4.90 Å². The smallest absolute Gasteiger partial charge is 0.257 e. The zero-order chi connectivity index (χ0) is 18.1. The SMILES string of the molecule is Cc1nc2ccnn2cc1C(=O)N1CCCN(c2ccccc2Cl)CC1. The lowest BCUT2D eigenvalue weighted by Crippen LogP contribution is -2.36. The largest absolute Gasteiger partial charge is 0.368 e. The van der Waals surface area contributed by atoms with E-state index in [1.54, 1.807) is 16.9 Å². The predicted molar refractivity (Wildman–Crippen MR) is 102 cm³/mol. The Balaban J connectivity index is 1.54. The number of carbonyl (C=O) groups is 1. The summed E-state index contributed by atoms with van der Waals surface area (Å²) in [4.78, 5) is 21.7. The highest BCUT2D eigenvalue weighted by Gasteiger charge is 2.23. The molecule has 3 aromatic rings. The third-order valence-corrected chi connectivity index (χ3v) is 5.10. The van der Waals surface area contributed by atoms with Crippen LogP contribution >= 0.6 is 11.6 Å². The monoisotopic (exact) mass is 369 g/mol. The van der Waals surface area contributed by atoms with E-state index in [1.165, 1.54) is 0 Å². The van der Waals surface area contributed by atoms with E-state index in [2.05, 4.69) is 15.0 Å². The van der Waals surface area contributed by atoms with Gasteiger partial charge in [0.25, 0.3) is 5.91 Å². The summed E-state index contributed by atoms with van der Waals surface area (Å²) in [6.07, 6.45) is 4.35. The van der Waals surface area contributed by atoms with Gasteiger partial charge >= 0.3 is 0 Å². The molecular weight excluding hydrogens is 350 g/mol. The van der Waals surface area contributed by atoms with E-state index in [-0.39, 0.29) is 5.91 Å². The van der Waals surface area contributed by atoms with Crippen molar-refractivity contribution >= 4 is 28.8 Å². The number of benzene rings is 1. The molecule has 0 radical (unpaired) electrons. The Bertz CT molecular complexity index is 954. The molecule has 1 saturated heterocycles. The second-order valence-electron chi connectivity index (χ2n) is 6.46. The molecule has 1 aromatic carbocycles. The van der Waals surface area contributed by atoms with Crippen molar-refractivity contribution in [3.63, 3.8) is 0 Å². The Morgan fingerprint density at radius 2 is 1.96 bits per heavy atom. The molecule has 0 aliphatic carbocycles. The third kappa shape index (κ3) is 3.12. The van der Waals surface area contributed by atoms with E-state index in [9.17, 15) is 4.79 Å². The van der Waals surface area contributed by atoms with Gasteiger partial charge in [0.1, 0.15) is 0 Å². The van der Waals surface area contributed by atoms with E-state index in [0.717, 1.165) is 48.1 Å². The number of carbonyl (C=O) groups excluding carboxylic acids is 1. The molecule has 1 aliphatic heterocycles. The van der Waals surface area contributed by atoms with Crippen molar-refractivity contribution in [2.75, 3.05) is 31.1 Å². The fourth-order valence-corrected chi connectivity index (χ4v) is 3.65. The second kappa shape index (κ2) is 6.96. The minimum absolute atomic E-state index is 0.00779. The molecule has 134 valence electrons. The number of hydrogen-bond donors (Lipinski definition) is 0. The summed E-state index contributed by atoms with van der Waals surface area (Å²) in [5.74, 6) is 0.00779. The molecule has 6 nitrogen and oxygen atoms in total. The first-order chi connectivity index (χ1) is 12.6. The number of hydrogen-bond acceptors (Lipinski definition) is 4. The molecule has 0 unspecified atom stereocenters. The first-order valence-corrected chi connectivity index (χ1v) is 9.11. The predicted octanol–water partition coefficient (Wildman–Crippen LogP) is 3.04. The van der Waals surface area contributed by atoms with Crippen LogP contribution in [0.1, 0.15) is 22.5 Å². The molecule has 2 aromatic heterocycles. The van der Waals surface area contributed by atoms with Gasteiger partial charge in [-0.15, -0.1) is 0 Å². The Morgan fingerprint density at radius 3 is 2.81 bits per heavy atom. The first-order valence-electron chi connectivity index (χ1n) is 8.73. The molecular formula is C19H20ClN5O. The zero-order valence-electron chi connectivity index (χ0n) is 14.6. The molecule has 7 heteroatoms. The molecule has 4 rings (SSSR count). The number of nitrogens with zero attached hydrogens (tertiary/aromatic N) is 5. The number of para-hydroxylation sites is 1. The maximum absolute atomic E-state index is 13.0. The molecule has 1 fully saturated rings. The van der Waals surface area contributed by atoms with Crippen LogP contribution in [0.15, 0.2) is 42.7 Å². The number of rotatable bonds is 2. The molecule has 0 N–H and O–H groups in total. The topological polar surface area (TPSA) is 53.7 Å². The number of halogens is 1. The van der Waals surface area contributed by atoms with Gasteiger partial charge < -0.3 is 9.80 Å². The Kier molecular flexibility index (Phi) is 4.51. The van der Waals surface area contributed by atoms with Crippen LogP contribution in [0.25, 0.3) is 5.65 Å². The quantitative estimate of drug-likeness (QED) is 0.696. The minimum Gasteiger partial charge on any atom is -0.368 e. The van der Waals surface area contributed by atoms with Gasteiger partial charge in [-0.1, -0.05) is 23.7 Å². The summed E-state index contributed by atoms with van der Waals surface area (Å²) in [7, 11) is 0. The van der Waals surface area contributed by atoms with Crippen LogP contribution in [0, 0.1) is 6.92 Å². The van der Waals surface area contributed by atoms with Gasteiger partial charge in [0.05, 0.1) is 28.2 Å². The molecule has 0 bridgehead atoms. The van der Waals surface area contributed by atoms with Crippen LogP contribution in [0.2, 0.25) is 5.02 Å². The van der Waals surface area contributed by atoms with E-state index in [1.807, 2.05) is 42.2 Å². The summed E-state index contributed by atoms with van der Waals surface area (Å²) < 4.78 is 1.65. The lowest BCUT2D eigenvalue weighted by atomic mass is 10.2. The lowest BCUT2D eigenvalue weighted by Gasteiger charge is -2.24. The molecule has 1 aliphatic rings. The van der Waals surface area contributed by atoms with Crippen LogP contribution in [-0.2, 0) is 0 Å². The number of aryl methyl sites for hydroxylation is 1. The van der Waals surface area contributed by atoms with E-state index >= 15 is 0 Å². The fourth-order valence-electron chi connectivity index (χ4n) is 3.39. The Hall–Kier alpha value is -2.60. The van der Waals surface area contributed by atoms with Crippen LogP contribution in [0.5, 0.6) is 0 Å². The van der Waals surface area contributed by atoms with Crippen molar-refractivity contribution in [1.82, 2.24) is 19.5 Å². The van der Waals surface area contributed by atoms with E-state index in [0.29, 0.717) is 12.1 Å². The Morgan fingerprint density at radius 1 is 1.12 bits per heavy atom. The average molecular weight is 370 g/mol. The second-order valence-corrected chi connectivity index (χ2v) is 6.87. The summed E-state index contributed by atoms with van der Waals surface area (Å²) in [5.41, 5.74) is 3.11. The highest BCUT2D eigenvalue weighted by molar-refractivity contribution is 6.33. The maximum Gasteiger partial charge on any atom is 0.257 e. The molecule has 1 amide bonds. The molecule has 0 spiro atoms. The minimum atomic E-state index is 0.00779. The Labute approximate surface area is 157 Å². The lowest BCUT2D eigenvalue weighted by molar-refractivity contribution is 0.0765. The summed E-state index contributed by atoms with van der Waals surface area (Å²) in [5, 5.41) is 4.94. The van der Waals surface area contributed by atoms with Gasteiger partial charge in [-0.3, -0.25) is 4.79 Å². The third-order valence-electron chi connectivity index (χ3n) is 4.78. The van der Waals surface area contributed by atoms with Crippen molar-refractivity contribution in [2.24, 2.45) is 0 Å². The van der Waals surface area contributed by atoms with Gasteiger partial charge in [0.15, 0.2) is 5.65 Å². The molecule has 26 heavy (non-hydrogen) atoms. The van der Waals surface area contributed by atoms with Crippen LogP contribution in [-0.4, -0.2) is 51.6 Å². The standard InChI is InChI=1S/C19H20ClN5O/c1-14-15(13-25-18(22-14)7-8-21-25)19(26)24-10-4-9-23(11-12-24)17-6-3-2-5-16(17)20/h2-3,5-8,13H,4,9-12H2,1H3. The van der Waals surface area contributed by atoms with Crippen LogP contribution in [0.3, 0.4) is 0 Å². The van der Waals surface area contributed by atoms with Crippen molar-refractivity contribution < 1.29 is 4.79 Å². The van der Waals surface area contributed by atoms with Crippen molar-refractivity contribution in [3.05, 3.63) is 59.0 Å². The van der Waals surface area contributed by atoms with E-state index < -0.39 is 0 Å². The summed E-state index contributed by atoms with van der Waals surface area (Å²) >= 11 is 6.33. The normalized spacial score (nSPS) is 15.3. The van der Waals surface area contributed by atoms with Crippen molar-refractivity contribution in [3.8, 4) is 0 Å². The van der Waals surface area contributed by atoms with Gasteiger partial charge in [-0.2, -0.15) is 5.10 Å². The van der Waals surface area contributed by atoms with Gasteiger partial charge in [0, 0.05) is 38.4 Å². The van der Waals surface area contributed by atoms with Gasteiger partial charge in [-0.05, 0) is 25.5 Å². The number of aromatic nitrogens is 3. The number of amides is 1. The maximum atomic E-state index is 13.0. The summed E-state index contributed by atoms with van der Waals surface area (Å²) in [6, 6.07) is 9.68. The van der Waals surface area contributed by atoms with Crippen LogP contribution in [0.4, 0.5) is 5.69 Å². The number of anilines is 1.